The van der Waals surface area contributed by atoms with Crippen molar-refractivity contribution in [1.82, 2.24) is 9.80 Å². The van der Waals surface area contributed by atoms with Gasteiger partial charge >= 0.3 is 0 Å². The van der Waals surface area contributed by atoms with Crippen LogP contribution < -0.4 is 0 Å². The third-order valence-corrected chi connectivity index (χ3v) is 3.56. The number of hydrogen-bond acceptors (Lipinski definition) is 3. The maximum absolute atomic E-state index is 13.2. The molecule has 0 spiro atoms. The van der Waals surface area contributed by atoms with E-state index in [4.69, 9.17) is 5.26 Å². The Bertz CT molecular complexity index is 459. The van der Waals surface area contributed by atoms with Crippen LogP contribution in [0.5, 0.6) is 0 Å². The average Bonchev–Trinajstić information content (AvgIpc) is 2.43. The summed E-state index contributed by atoms with van der Waals surface area (Å²) in [6.45, 7) is 8.45. The van der Waals surface area contributed by atoms with Gasteiger partial charge in [0.2, 0.25) is 0 Å². The van der Waals surface area contributed by atoms with Gasteiger partial charge in [0.25, 0.3) is 0 Å². The van der Waals surface area contributed by atoms with Gasteiger partial charge in [-0.3, -0.25) is 4.90 Å². The van der Waals surface area contributed by atoms with Crippen LogP contribution in [-0.2, 0) is 6.54 Å². The van der Waals surface area contributed by atoms with E-state index in [0.717, 1.165) is 38.3 Å². The Balaban J connectivity index is 1.91. The molecule has 1 saturated heterocycles. The monoisotopic (exact) mass is 261 g/mol. The highest BCUT2D eigenvalue weighted by Gasteiger charge is 2.16. The van der Waals surface area contributed by atoms with Gasteiger partial charge < -0.3 is 4.90 Å². The number of benzene rings is 1. The minimum Gasteiger partial charge on any atom is -0.301 e. The van der Waals surface area contributed by atoms with Crippen LogP contribution >= 0.6 is 0 Å². The van der Waals surface area contributed by atoms with Crippen molar-refractivity contribution >= 4 is 0 Å². The van der Waals surface area contributed by atoms with E-state index in [2.05, 4.69) is 16.7 Å². The molecule has 0 aromatic heterocycles. The first-order valence-electron chi connectivity index (χ1n) is 6.86. The van der Waals surface area contributed by atoms with E-state index in [-0.39, 0.29) is 5.56 Å². The van der Waals surface area contributed by atoms with Crippen molar-refractivity contribution < 1.29 is 4.39 Å². The van der Waals surface area contributed by atoms with Gasteiger partial charge in [0, 0.05) is 32.7 Å². The van der Waals surface area contributed by atoms with E-state index < -0.39 is 5.82 Å². The topological polar surface area (TPSA) is 30.3 Å². The zero-order valence-electron chi connectivity index (χ0n) is 11.4. The summed E-state index contributed by atoms with van der Waals surface area (Å²) in [5, 5.41) is 8.83. The quantitative estimate of drug-likeness (QED) is 0.832. The highest BCUT2D eigenvalue weighted by molar-refractivity contribution is 5.34. The minimum absolute atomic E-state index is 0.141. The first kappa shape index (κ1) is 14.0. The molecule has 0 unspecified atom stereocenters. The van der Waals surface area contributed by atoms with Crippen LogP contribution in [0, 0.1) is 17.1 Å². The van der Waals surface area contributed by atoms with Gasteiger partial charge in [-0.15, -0.1) is 0 Å². The molecule has 19 heavy (non-hydrogen) atoms. The molecular weight excluding hydrogens is 241 g/mol. The smallest absolute Gasteiger partial charge is 0.140 e. The normalized spacial score (nSPS) is 17.3. The summed E-state index contributed by atoms with van der Waals surface area (Å²) >= 11 is 0. The molecule has 0 N–H and O–H groups in total. The van der Waals surface area contributed by atoms with Crippen LogP contribution in [0.4, 0.5) is 4.39 Å². The Kier molecular flexibility index (Phi) is 4.89. The van der Waals surface area contributed by atoms with E-state index in [0.29, 0.717) is 0 Å². The molecule has 0 aliphatic carbocycles. The Morgan fingerprint density at radius 3 is 2.53 bits per heavy atom. The third kappa shape index (κ3) is 3.76. The Labute approximate surface area is 114 Å². The lowest BCUT2D eigenvalue weighted by Crippen LogP contribution is -2.45. The van der Waals surface area contributed by atoms with Gasteiger partial charge in [0.1, 0.15) is 11.9 Å². The summed E-state index contributed by atoms with van der Waals surface area (Å²) in [6.07, 6.45) is 1.20. The molecule has 2 rings (SSSR count). The predicted molar refractivity (Wildman–Crippen MR) is 73.1 cm³/mol. The highest BCUT2D eigenvalue weighted by Crippen LogP contribution is 2.13. The second kappa shape index (κ2) is 6.65. The molecule has 1 fully saturated rings. The van der Waals surface area contributed by atoms with Crippen LogP contribution in [0.3, 0.4) is 0 Å². The molecule has 4 heteroatoms. The molecule has 102 valence electrons. The fourth-order valence-corrected chi connectivity index (χ4v) is 2.50. The standard InChI is InChI=1S/C15H20FN3/c1-2-5-18-6-8-19(9-7-18)12-13-3-4-15(16)14(10-13)11-17/h3-4,10H,2,5-9,12H2,1H3. The van der Waals surface area contributed by atoms with E-state index >= 15 is 0 Å². The molecule has 0 atom stereocenters. The lowest BCUT2D eigenvalue weighted by atomic mass is 10.1. The first-order chi connectivity index (χ1) is 9.22. The van der Waals surface area contributed by atoms with Crippen molar-refractivity contribution in [3.63, 3.8) is 0 Å². The molecule has 0 radical (unpaired) electrons. The molecule has 0 bridgehead atoms. The van der Waals surface area contributed by atoms with Crippen LogP contribution in [0.25, 0.3) is 0 Å². The van der Waals surface area contributed by atoms with Crippen molar-refractivity contribution in [3.8, 4) is 6.07 Å². The Hall–Kier alpha value is -1.44. The maximum atomic E-state index is 13.2. The van der Waals surface area contributed by atoms with Crippen molar-refractivity contribution in [2.24, 2.45) is 0 Å². The molecule has 1 aliphatic rings. The molecule has 1 aliphatic heterocycles. The maximum Gasteiger partial charge on any atom is 0.140 e. The first-order valence-corrected chi connectivity index (χ1v) is 6.86. The van der Waals surface area contributed by atoms with Crippen molar-refractivity contribution in [1.29, 1.82) is 5.26 Å². The zero-order valence-corrected chi connectivity index (χ0v) is 11.4. The second-order valence-corrected chi connectivity index (χ2v) is 5.04. The molecule has 0 amide bonds. The lowest BCUT2D eigenvalue weighted by Gasteiger charge is -2.34. The summed E-state index contributed by atoms with van der Waals surface area (Å²) in [5.74, 6) is -0.431. The molecule has 0 saturated carbocycles. The second-order valence-electron chi connectivity index (χ2n) is 5.04. The van der Waals surface area contributed by atoms with E-state index in [9.17, 15) is 4.39 Å². The van der Waals surface area contributed by atoms with Crippen LogP contribution in [0.1, 0.15) is 24.5 Å². The van der Waals surface area contributed by atoms with Crippen molar-refractivity contribution in [3.05, 3.63) is 35.1 Å². The molecule has 1 aromatic rings. The number of hydrogen-bond donors (Lipinski definition) is 0. The van der Waals surface area contributed by atoms with E-state index in [1.165, 1.54) is 19.0 Å². The van der Waals surface area contributed by atoms with Gasteiger partial charge in [-0.2, -0.15) is 5.26 Å². The summed E-state index contributed by atoms with van der Waals surface area (Å²) in [4.78, 5) is 4.84. The zero-order chi connectivity index (χ0) is 13.7. The SMILES string of the molecule is CCCN1CCN(Cc2ccc(F)c(C#N)c2)CC1. The summed E-state index contributed by atoms with van der Waals surface area (Å²) in [5.41, 5.74) is 1.16. The summed E-state index contributed by atoms with van der Waals surface area (Å²) < 4.78 is 13.2. The number of rotatable bonds is 4. The summed E-state index contributed by atoms with van der Waals surface area (Å²) in [7, 11) is 0. The lowest BCUT2D eigenvalue weighted by molar-refractivity contribution is 0.127. The van der Waals surface area contributed by atoms with Crippen molar-refractivity contribution in [2.45, 2.75) is 19.9 Å². The van der Waals surface area contributed by atoms with Gasteiger partial charge in [-0.05, 0) is 30.7 Å². The summed E-state index contributed by atoms with van der Waals surface area (Å²) in [6, 6.07) is 6.72. The largest absolute Gasteiger partial charge is 0.301 e. The van der Waals surface area contributed by atoms with Gasteiger partial charge in [0.05, 0.1) is 5.56 Å². The minimum atomic E-state index is -0.431. The molecule has 1 heterocycles. The molecular formula is C15H20FN3. The highest BCUT2D eigenvalue weighted by atomic mass is 19.1. The van der Waals surface area contributed by atoms with Crippen LogP contribution in [0.15, 0.2) is 18.2 Å². The van der Waals surface area contributed by atoms with Gasteiger partial charge in [-0.25, -0.2) is 4.39 Å². The number of halogens is 1. The fourth-order valence-electron chi connectivity index (χ4n) is 2.50. The number of nitriles is 1. The molecule has 1 aromatic carbocycles. The molecule has 3 nitrogen and oxygen atoms in total. The van der Waals surface area contributed by atoms with Crippen molar-refractivity contribution in [2.75, 3.05) is 32.7 Å². The van der Waals surface area contributed by atoms with Gasteiger partial charge in [-0.1, -0.05) is 13.0 Å². The predicted octanol–water partition coefficient (Wildman–Crippen LogP) is 2.22. The van der Waals surface area contributed by atoms with Crippen LogP contribution in [-0.4, -0.2) is 42.5 Å². The Morgan fingerprint density at radius 2 is 1.89 bits per heavy atom. The van der Waals surface area contributed by atoms with Gasteiger partial charge in [0.15, 0.2) is 0 Å². The third-order valence-electron chi connectivity index (χ3n) is 3.56. The fraction of sp³-hybridized carbons (Fsp3) is 0.533. The average molecular weight is 261 g/mol. The Morgan fingerprint density at radius 1 is 1.21 bits per heavy atom. The number of nitrogens with zero attached hydrogens (tertiary/aromatic N) is 3. The van der Waals surface area contributed by atoms with Crippen LogP contribution in [0.2, 0.25) is 0 Å². The van der Waals surface area contributed by atoms with E-state index in [1.807, 2.05) is 6.07 Å². The van der Waals surface area contributed by atoms with E-state index in [1.54, 1.807) is 12.1 Å². The number of piperazine rings is 1.